The number of hydrogen-bond acceptors (Lipinski definition) is 4. The van der Waals surface area contributed by atoms with E-state index < -0.39 is 32.6 Å². The molecular weight excluding hydrogens is 285 g/mol. The number of nitrogens with two attached hydrogens (primary N) is 2. The van der Waals surface area contributed by atoms with E-state index in [9.17, 15) is 17.6 Å². The molecule has 1 amide bonds. The van der Waals surface area contributed by atoms with Crippen molar-refractivity contribution in [1.82, 2.24) is 4.31 Å². The molecule has 0 bridgehead atoms. The maximum atomic E-state index is 13.8. The summed E-state index contributed by atoms with van der Waals surface area (Å²) in [7, 11) is -3.98. The fraction of sp³-hybridized carbons (Fsp3) is 0.417. The number of hydrogen-bond donors (Lipinski definition) is 2. The van der Waals surface area contributed by atoms with Gasteiger partial charge in [0.1, 0.15) is 10.7 Å². The lowest BCUT2D eigenvalue weighted by Crippen LogP contribution is -2.44. The Morgan fingerprint density at radius 2 is 2.10 bits per heavy atom. The lowest BCUT2D eigenvalue weighted by atomic mass is 9.99. The van der Waals surface area contributed by atoms with Crippen LogP contribution in [0.2, 0.25) is 0 Å². The van der Waals surface area contributed by atoms with Gasteiger partial charge in [-0.25, -0.2) is 12.8 Å². The van der Waals surface area contributed by atoms with E-state index in [0.717, 1.165) is 16.4 Å². The van der Waals surface area contributed by atoms with Gasteiger partial charge in [-0.2, -0.15) is 4.31 Å². The van der Waals surface area contributed by atoms with Crippen LogP contribution in [0.5, 0.6) is 0 Å². The van der Waals surface area contributed by atoms with Crippen molar-refractivity contribution in [1.29, 1.82) is 0 Å². The number of sulfonamides is 1. The Balaban J connectivity index is 2.32. The van der Waals surface area contributed by atoms with Crippen molar-refractivity contribution in [2.45, 2.75) is 17.7 Å². The first-order valence-corrected chi connectivity index (χ1v) is 7.61. The van der Waals surface area contributed by atoms with Crippen LogP contribution in [0.4, 0.5) is 10.1 Å². The molecule has 1 atom stereocenters. The molecule has 2 rings (SSSR count). The molecular formula is C12H16FN3O3S. The zero-order valence-corrected chi connectivity index (χ0v) is 11.6. The Labute approximate surface area is 116 Å². The Morgan fingerprint density at radius 3 is 2.70 bits per heavy atom. The Kier molecular flexibility index (Phi) is 3.96. The summed E-state index contributed by atoms with van der Waals surface area (Å²) in [6.45, 7) is 0.234. The molecule has 0 saturated carbocycles. The third-order valence-electron chi connectivity index (χ3n) is 3.36. The van der Waals surface area contributed by atoms with Gasteiger partial charge in [-0.15, -0.1) is 0 Å². The molecule has 110 valence electrons. The zero-order valence-electron chi connectivity index (χ0n) is 10.8. The highest BCUT2D eigenvalue weighted by molar-refractivity contribution is 7.89. The first kappa shape index (κ1) is 14.7. The highest BCUT2D eigenvalue weighted by Crippen LogP contribution is 2.26. The molecule has 1 aromatic carbocycles. The van der Waals surface area contributed by atoms with Crippen LogP contribution >= 0.6 is 0 Å². The highest BCUT2D eigenvalue weighted by Gasteiger charge is 2.33. The maximum Gasteiger partial charge on any atom is 0.246 e. The summed E-state index contributed by atoms with van der Waals surface area (Å²) in [4.78, 5) is 10.8. The van der Waals surface area contributed by atoms with E-state index in [1.165, 1.54) is 6.07 Å². The predicted molar refractivity (Wildman–Crippen MR) is 71.5 cm³/mol. The number of carbonyl (C=O) groups is 1. The van der Waals surface area contributed by atoms with Crippen LogP contribution in [0, 0.1) is 11.7 Å². The zero-order chi connectivity index (χ0) is 14.9. The van der Waals surface area contributed by atoms with Crippen molar-refractivity contribution in [3.63, 3.8) is 0 Å². The minimum Gasteiger partial charge on any atom is -0.399 e. The van der Waals surface area contributed by atoms with Crippen LogP contribution in [0.1, 0.15) is 12.8 Å². The molecule has 1 saturated heterocycles. The summed E-state index contributed by atoms with van der Waals surface area (Å²) in [6.07, 6.45) is 1.06. The van der Waals surface area contributed by atoms with Gasteiger partial charge in [0.15, 0.2) is 0 Å². The fourth-order valence-electron chi connectivity index (χ4n) is 2.26. The number of carbonyl (C=O) groups excluding carboxylic acids is 1. The molecule has 1 fully saturated rings. The largest absolute Gasteiger partial charge is 0.399 e. The van der Waals surface area contributed by atoms with Crippen molar-refractivity contribution in [2.24, 2.45) is 11.7 Å². The van der Waals surface area contributed by atoms with Crippen LogP contribution in [0.3, 0.4) is 0 Å². The van der Waals surface area contributed by atoms with Gasteiger partial charge in [-0.1, -0.05) is 0 Å². The van der Waals surface area contributed by atoms with Crippen LogP contribution in [-0.2, 0) is 14.8 Å². The minimum absolute atomic E-state index is 0.0124. The Morgan fingerprint density at radius 1 is 1.40 bits per heavy atom. The van der Waals surface area contributed by atoms with Crippen molar-refractivity contribution in [3.05, 3.63) is 24.0 Å². The van der Waals surface area contributed by atoms with Crippen LogP contribution in [0.15, 0.2) is 23.1 Å². The summed E-state index contributed by atoms with van der Waals surface area (Å²) in [5, 5.41) is 0. The van der Waals surface area contributed by atoms with Crippen molar-refractivity contribution in [2.75, 3.05) is 18.8 Å². The molecule has 1 unspecified atom stereocenters. The smallest absolute Gasteiger partial charge is 0.246 e. The molecule has 0 aliphatic carbocycles. The Bertz CT molecular complexity index is 633. The van der Waals surface area contributed by atoms with E-state index in [0.29, 0.717) is 12.8 Å². The standard InChI is InChI=1S/C12H16FN3O3S/c13-10-6-9(14)3-4-11(10)20(18,19)16-5-1-2-8(7-16)12(15)17/h3-4,6,8H,1-2,5,7,14H2,(H2,15,17). The SMILES string of the molecule is NC(=O)C1CCCN(S(=O)(=O)c2ccc(N)cc2F)C1. The van der Waals surface area contributed by atoms with E-state index in [1.54, 1.807) is 0 Å². The van der Waals surface area contributed by atoms with Gasteiger partial charge in [0.25, 0.3) is 0 Å². The summed E-state index contributed by atoms with van der Waals surface area (Å²) in [5.74, 6) is -1.97. The number of amides is 1. The second kappa shape index (κ2) is 5.37. The molecule has 0 spiro atoms. The van der Waals surface area contributed by atoms with Gasteiger partial charge in [0.2, 0.25) is 15.9 Å². The van der Waals surface area contributed by atoms with Gasteiger partial charge in [0, 0.05) is 18.8 Å². The molecule has 8 heteroatoms. The first-order valence-electron chi connectivity index (χ1n) is 6.17. The van der Waals surface area contributed by atoms with Gasteiger partial charge in [0.05, 0.1) is 5.92 Å². The number of halogens is 1. The van der Waals surface area contributed by atoms with Crippen molar-refractivity contribution in [3.8, 4) is 0 Å². The highest BCUT2D eigenvalue weighted by atomic mass is 32.2. The molecule has 0 radical (unpaired) electrons. The molecule has 0 aromatic heterocycles. The fourth-order valence-corrected chi connectivity index (χ4v) is 3.83. The molecule has 1 aromatic rings. The van der Waals surface area contributed by atoms with Crippen LogP contribution < -0.4 is 11.5 Å². The summed E-state index contributed by atoms with van der Waals surface area (Å²) >= 11 is 0. The average Bonchev–Trinajstić information content (AvgIpc) is 2.38. The van der Waals surface area contributed by atoms with Gasteiger partial charge in [-0.3, -0.25) is 4.79 Å². The molecule has 1 aliphatic rings. The number of benzene rings is 1. The monoisotopic (exact) mass is 301 g/mol. The van der Waals surface area contributed by atoms with E-state index in [1.807, 2.05) is 0 Å². The van der Waals surface area contributed by atoms with Gasteiger partial charge in [-0.05, 0) is 31.0 Å². The normalized spacial score (nSPS) is 20.8. The topological polar surface area (TPSA) is 106 Å². The molecule has 4 N–H and O–H groups in total. The van der Waals surface area contributed by atoms with Gasteiger partial charge >= 0.3 is 0 Å². The number of nitrogens with zero attached hydrogens (tertiary/aromatic N) is 1. The third-order valence-corrected chi connectivity index (χ3v) is 5.26. The Hall–Kier alpha value is -1.67. The predicted octanol–water partition coefficient (Wildman–Crippen LogP) is 0.294. The average molecular weight is 301 g/mol. The summed E-state index contributed by atoms with van der Waals surface area (Å²) < 4.78 is 39.6. The molecule has 20 heavy (non-hydrogen) atoms. The molecule has 1 heterocycles. The van der Waals surface area contributed by atoms with Gasteiger partial charge < -0.3 is 11.5 Å². The lowest BCUT2D eigenvalue weighted by Gasteiger charge is -2.30. The first-order chi connectivity index (χ1) is 9.32. The van der Waals surface area contributed by atoms with E-state index >= 15 is 0 Å². The second-order valence-corrected chi connectivity index (χ2v) is 6.70. The summed E-state index contributed by atoms with van der Waals surface area (Å²) in [5.41, 5.74) is 10.8. The maximum absolute atomic E-state index is 13.8. The number of nitrogen functional groups attached to an aromatic ring is 1. The number of piperidine rings is 1. The van der Waals surface area contributed by atoms with E-state index in [-0.39, 0.29) is 18.8 Å². The molecule has 1 aliphatic heterocycles. The van der Waals surface area contributed by atoms with Crippen LogP contribution in [0.25, 0.3) is 0 Å². The number of rotatable bonds is 3. The third kappa shape index (κ3) is 2.75. The lowest BCUT2D eigenvalue weighted by molar-refractivity contribution is -0.122. The van der Waals surface area contributed by atoms with E-state index in [4.69, 9.17) is 11.5 Å². The second-order valence-electron chi connectivity index (χ2n) is 4.79. The molecule has 6 nitrogen and oxygen atoms in total. The summed E-state index contributed by atoms with van der Waals surface area (Å²) in [6, 6.07) is 3.42. The number of primary amides is 1. The van der Waals surface area contributed by atoms with Crippen LogP contribution in [-0.4, -0.2) is 31.7 Å². The van der Waals surface area contributed by atoms with Crippen molar-refractivity contribution >= 4 is 21.6 Å². The number of anilines is 1. The van der Waals surface area contributed by atoms with Crippen molar-refractivity contribution < 1.29 is 17.6 Å². The van der Waals surface area contributed by atoms with E-state index in [2.05, 4.69) is 0 Å². The minimum atomic E-state index is -3.98. The quantitative estimate of drug-likeness (QED) is 0.783.